The molecule has 1 aliphatic heterocycles. The summed E-state index contributed by atoms with van der Waals surface area (Å²) in [6.45, 7) is 6.49. The van der Waals surface area contributed by atoms with E-state index >= 15 is 0 Å². The van der Waals surface area contributed by atoms with Crippen molar-refractivity contribution in [3.05, 3.63) is 29.6 Å². The van der Waals surface area contributed by atoms with Crippen LogP contribution in [0.2, 0.25) is 0 Å². The third kappa shape index (κ3) is 2.22. The number of hydrogen-bond donors (Lipinski definition) is 1. The van der Waals surface area contributed by atoms with Crippen molar-refractivity contribution in [1.82, 2.24) is 15.2 Å². The van der Waals surface area contributed by atoms with E-state index in [0.717, 1.165) is 25.3 Å². The third-order valence-electron chi connectivity index (χ3n) is 2.92. The maximum atomic E-state index is 12.2. The van der Waals surface area contributed by atoms with Crippen LogP contribution in [-0.4, -0.2) is 41.5 Å². The zero-order valence-electron chi connectivity index (χ0n) is 9.73. The van der Waals surface area contributed by atoms with Crippen molar-refractivity contribution < 1.29 is 4.79 Å². The van der Waals surface area contributed by atoms with Gasteiger partial charge in [0, 0.05) is 37.6 Å². The predicted molar refractivity (Wildman–Crippen MR) is 62.3 cm³/mol. The molecule has 2 rings (SSSR count). The van der Waals surface area contributed by atoms with Gasteiger partial charge in [-0.1, -0.05) is 0 Å². The summed E-state index contributed by atoms with van der Waals surface area (Å²) in [6, 6.07) is 3.97. The summed E-state index contributed by atoms with van der Waals surface area (Å²) in [6.07, 6.45) is 1.66. The summed E-state index contributed by atoms with van der Waals surface area (Å²) in [7, 11) is 0. The highest BCUT2D eigenvalue weighted by Crippen LogP contribution is 2.09. The summed E-state index contributed by atoms with van der Waals surface area (Å²) in [4.78, 5) is 18.2. The molecule has 86 valence electrons. The molecule has 16 heavy (non-hydrogen) atoms. The number of carbonyl (C=O) groups excluding carboxylic acids is 1. The van der Waals surface area contributed by atoms with Crippen LogP contribution in [0.5, 0.6) is 0 Å². The van der Waals surface area contributed by atoms with Crippen LogP contribution in [0, 0.1) is 6.92 Å². The minimum absolute atomic E-state index is 0.0847. The fourth-order valence-corrected chi connectivity index (χ4v) is 1.90. The minimum Gasteiger partial charge on any atom is -0.333 e. The Morgan fingerprint density at radius 1 is 1.56 bits per heavy atom. The van der Waals surface area contributed by atoms with E-state index in [1.54, 1.807) is 6.20 Å². The molecule has 0 radical (unpaired) electrons. The first-order chi connectivity index (χ1) is 7.68. The molecule has 1 aliphatic rings. The first-order valence-electron chi connectivity index (χ1n) is 5.63. The summed E-state index contributed by atoms with van der Waals surface area (Å²) >= 11 is 0. The Morgan fingerprint density at radius 2 is 2.38 bits per heavy atom. The molecule has 1 fully saturated rings. The second-order valence-electron chi connectivity index (χ2n) is 4.24. The lowest BCUT2D eigenvalue weighted by Crippen LogP contribution is -2.52. The van der Waals surface area contributed by atoms with Crippen molar-refractivity contribution >= 4 is 5.91 Å². The van der Waals surface area contributed by atoms with Gasteiger partial charge in [-0.15, -0.1) is 0 Å². The molecule has 2 heterocycles. The monoisotopic (exact) mass is 219 g/mol. The van der Waals surface area contributed by atoms with E-state index in [0.29, 0.717) is 5.56 Å². The molecule has 4 nitrogen and oxygen atoms in total. The van der Waals surface area contributed by atoms with E-state index in [1.807, 2.05) is 24.0 Å². The fraction of sp³-hybridized carbons (Fsp3) is 0.500. The van der Waals surface area contributed by atoms with Gasteiger partial charge < -0.3 is 10.2 Å². The SMILES string of the molecule is Cc1ccc(C(=O)N2CCNCC2C)cn1. The highest BCUT2D eigenvalue weighted by Gasteiger charge is 2.23. The first-order valence-corrected chi connectivity index (χ1v) is 5.63. The van der Waals surface area contributed by atoms with Crippen LogP contribution in [0.15, 0.2) is 18.3 Å². The van der Waals surface area contributed by atoms with Gasteiger partial charge in [0.25, 0.3) is 5.91 Å². The smallest absolute Gasteiger partial charge is 0.255 e. The average Bonchev–Trinajstić information content (AvgIpc) is 2.30. The van der Waals surface area contributed by atoms with E-state index in [9.17, 15) is 4.79 Å². The van der Waals surface area contributed by atoms with Crippen LogP contribution in [-0.2, 0) is 0 Å². The molecule has 1 saturated heterocycles. The Bertz CT molecular complexity index is 374. The molecule has 1 N–H and O–H groups in total. The van der Waals surface area contributed by atoms with E-state index in [2.05, 4.69) is 17.2 Å². The number of rotatable bonds is 1. The number of aromatic nitrogens is 1. The maximum Gasteiger partial charge on any atom is 0.255 e. The molecule has 1 aromatic heterocycles. The predicted octanol–water partition coefficient (Wildman–Crippen LogP) is 0.824. The number of nitrogens with zero attached hydrogens (tertiary/aromatic N) is 2. The van der Waals surface area contributed by atoms with Crippen LogP contribution in [0.3, 0.4) is 0 Å². The number of aryl methyl sites for hydroxylation is 1. The van der Waals surface area contributed by atoms with Crippen LogP contribution in [0.25, 0.3) is 0 Å². The molecule has 1 amide bonds. The number of pyridine rings is 1. The van der Waals surface area contributed by atoms with Crippen molar-refractivity contribution in [3.8, 4) is 0 Å². The highest BCUT2D eigenvalue weighted by atomic mass is 16.2. The molecule has 4 heteroatoms. The number of amides is 1. The molecular formula is C12H17N3O. The van der Waals surface area contributed by atoms with Crippen molar-refractivity contribution in [1.29, 1.82) is 0 Å². The standard InChI is InChI=1S/C12H17N3O/c1-9-3-4-11(8-14-9)12(16)15-6-5-13-7-10(15)2/h3-4,8,10,13H,5-7H2,1-2H3. The Balaban J connectivity index is 2.14. The Kier molecular flexibility index (Phi) is 3.19. The lowest BCUT2D eigenvalue weighted by molar-refractivity contribution is 0.0655. The highest BCUT2D eigenvalue weighted by molar-refractivity contribution is 5.94. The topological polar surface area (TPSA) is 45.2 Å². The van der Waals surface area contributed by atoms with Crippen molar-refractivity contribution in [2.45, 2.75) is 19.9 Å². The molecule has 1 atom stereocenters. The molecule has 1 aromatic rings. The second kappa shape index (κ2) is 4.61. The van der Waals surface area contributed by atoms with Crippen LogP contribution in [0.4, 0.5) is 0 Å². The molecule has 0 spiro atoms. The Labute approximate surface area is 95.7 Å². The van der Waals surface area contributed by atoms with Gasteiger partial charge in [0.2, 0.25) is 0 Å². The normalized spacial score (nSPS) is 20.9. The number of hydrogen-bond acceptors (Lipinski definition) is 3. The molecule has 0 saturated carbocycles. The number of nitrogens with one attached hydrogen (secondary N) is 1. The van der Waals surface area contributed by atoms with Crippen LogP contribution < -0.4 is 5.32 Å². The van der Waals surface area contributed by atoms with Gasteiger partial charge in [0.15, 0.2) is 0 Å². The van der Waals surface area contributed by atoms with Gasteiger partial charge in [-0.25, -0.2) is 0 Å². The van der Waals surface area contributed by atoms with E-state index in [1.165, 1.54) is 0 Å². The minimum atomic E-state index is 0.0847. The van der Waals surface area contributed by atoms with Crippen molar-refractivity contribution in [2.24, 2.45) is 0 Å². The lowest BCUT2D eigenvalue weighted by atomic mass is 10.1. The zero-order chi connectivity index (χ0) is 11.5. The summed E-state index contributed by atoms with van der Waals surface area (Å²) < 4.78 is 0. The van der Waals surface area contributed by atoms with E-state index < -0.39 is 0 Å². The van der Waals surface area contributed by atoms with Crippen LogP contribution in [0.1, 0.15) is 23.0 Å². The van der Waals surface area contributed by atoms with E-state index in [-0.39, 0.29) is 11.9 Å². The fourth-order valence-electron chi connectivity index (χ4n) is 1.90. The lowest BCUT2D eigenvalue weighted by Gasteiger charge is -2.33. The Morgan fingerprint density at radius 3 is 3.00 bits per heavy atom. The second-order valence-corrected chi connectivity index (χ2v) is 4.24. The van der Waals surface area contributed by atoms with Gasteiger partial charge in [-0.05, 0) is 26.0 Å². The summed E-state index contributed by atoms with van der Waals surface area (Å²) in [5.74, 6) is 0.0847. The summed E-state index contributed by atoms with van der Waals surface area (Å²) in [5, 5.41) is 3.27. The average molecular weight is 219 g/mol. The van der Waals surface area contributed by atoms with Gasteiger partial charge in [0.1, 0.15) is 0 Å². The number of piperazine rings is 1. The van der Waals surface area contributed by atoms with Crippen molar-refractivity contribution in [3.63, 3.8) is 0 Å². The van der Waals surface area contributed by atoms with Crippen LogP contribution >= 0.6 is 0 Å². The van der Waals surface area contributed by atoms with Gasteiger partial charge in [-0.3, -0.25) is 9.78 Å². The largest absolute Gasteiger partial charge is 0.333 e. The number of carbonyl (C=O) groups is 1. The molecule has 0 aromatic carbocycles. The van der Waals surface area contributed by atoms with Gasteiger partial charge in [-0.2, -0.15) is 0 Å². The molecule has 0 aliphatic carbocycles. The quantitative estimate of drug-likeness (QED) is 0.760. The molecular weight excluding hydrogens is 202 g/mol. The van der Waals surface area contributed by atoms with Gasteiger partial charge >= 0.3 is 0 Å². The van der Waals surface area contributed by atoms with Crippen molar-refractivity contribution in [2.75, 3.05) is 19.6 Å². The maximum absolute atomic E-state index is 12.2. The zero-order valence-corrected chi connectivity index (χ0v) is 9.73. The Hall–Kier alpha value is -1.42. The molecule has 1 unspecified atom stereocenters. The molecule has 0 bridgehead atoms. The first kappa shape index (κ1) is 11.1. The van der Waals surface area contributed by atoms with Gasteiger partial charge in [0.05, 0.1) is 5.56 Å². The summed E-state index contributed by atoms with van der Waals surface area (Å²) in [5.41, 5.74) is 1.62. The third-order valence-corrected chi connectivity index (χ3v) is 2.92. The van der Waals surface area contributed by atoms with E-state index in [4.69, 9.17) is 0 Å².